The Morgan fingerprint density at radius 3 is 2.62 bits per heavy atom. The first-order chi connectivity index (χ1) is 10.0. The minimum absolute atomic E-state index is 0.125. The molecule has 0 spiro atoms. The number of fused-ring (bicyclic) bond motifs is 1. The topological polar surface area (TPSA) is 97.2 Å². The second-order valence-electron chi connectivity index (χ2n) is 4.92. The summed E-state index contributed by atoms with van der Waals surface area (Å²) in [5.41, 5.74) is 5.18. The van der Waals surface area contributed by atoms with E-state index in [0.717, 1.165) is 0 Å². The van der Waals surface area contributed by atoms with Crippen LogP contribution in [0.15, 0.2) is 29.1 Å². The zero-order valence-electron chi connectivity index (χ0n) is 12.1. The van der Waals surface area contributed by atoms with E-state index in [4.69, 9.17) is 10.5 Å². The van der Waals surface area contributed by atoms with E-state index >= 15 is 0 Å². The molecule has 2 aromatic rings. The van der Waals surface area contributed by atoms with Gasteiger partial charge in [-0.05, 0) is 19.9 Å². The molecule has 0 bridgehead atoms. The largest absolute Gasteiger partial charge is 0.488 e. The summed E-state index contributed by atoms with van der Waals surface area (Å²) in [7, 11) is 0. The van der Waals surface area contributed by atoms with E-state index in [-0.39, 0.29) is 17.4 Å². The van der Waals surface area contributed by atoms with Gasteiger partial charge in [-0.2, -0.15) is 0 Å². The molecular formula is C15H19N3O3. The van der Waals surface area contributed by atoms with Gasteiger partial charge in [-0.3, -0.25) is 9.59 Å². The average Bonchev–Trinajstić information content (AvgIpc) is 2.47. The lowest BCUT2D eigenvalue weighted by atomic mass is 10.1. The van der Waals surface area contributed by atoms with Gasteiger partial charge in [-0.1, -0.05) is 18.2 Å². The molecule has 0 saturated carbocycles. The predicted octanol–water partition coefficient (Wildman–Crippen LogP) is 1.00. The van der Waals surface area contributed by atoms with Gasteiger partial charge >= 0.3 is 0 Å². The van der Waals surface area contributed by atoms with Crippen LogP contribution >= 0.6 is 0 Å². The Morgan fingerprint density at radius 2 is 2.00 bits per heavy atom. The molecule has 4 N–H and O–H groups in total. The number of aromatic amines is 1. The van der Waals surface area contributed by atoms with Crippen LogP contribution in [0.1, 0.15) is 24.3 Å². The summed E-state index contributed by atoms with van der Waals surface area (Å²) < 4.78 is 5.75. The molecule has 112 valence electrons. The van der Waals surface area contributed by atoms with Crippen molar-refractivity contribution in [2.75, 3.05) is 13.1 Å². The fraction of sp³-hybridized carbons (Fsp3) is 0.333. The third-order valence-electron chi connectivity index (χ3n) is 2.89. The Bertz CT molecular complexity index is 707. The van der Waals surface area contributed by atoms with Crippen molar-refractivity contribution in [1.82, 2.24) is 10.3 Å². The summed E-state index contributed by atoms with van der Waals surface area (Å²) in [4.78, 5) is 26.9. The molecule has 1 aromatic heterocycles. The second-order valence-corrected chi connectivity index (χ2v) is 4.92. The fourth-order valence-corrected chi connectivity index (χ4v) is 2.04. The van der Waals surface area contributed by atoms with Crippen LogP contribution in [0.5, 0.6) is 5.75 Å². The zero-order valence-corrected chi connectivity index (χ0v) is 12.1. The lowest BCUT2D eigenvalue weighted by molar-refractivity contribution is 0.0943. The zero-order chi connectivity index (χ0) is 15.4. The highest BCUT2D eigenvalue weighted by Gasteiger charge is 2.19. The van der Waals surface area contributed by atoms with Crippen molar-refractivity contribution in [3.63, 3.8) is 0 Å². The number of carbonyl (C=O) groups excluding carboxylic acids is 1. The number of pyridine rings is 1. The third kappa shape index (κ3) is 3.22. The molecular weight excluding hydrogens is 270 g/mol. The van der Waals surface area contributed by atoms with Crippen LogP contribution in [0.2, 0.25) is 0 Å². The first-order valence-corrected chi connectivity index (χ1v) is 6.84. The van der Waals surface area contributed by atoms with Crippen molar-refractivity contribution in [2.24, 2.45) is 5.73 Å². The van der Waals surface area contributed by atoms with Crippen LogP contribution in [0.3, 0.4) is 0 Å². The molecule has 1 amide bonds. The maximum atomic E-state index is 12.2. The summed E-state index contributed by atoms with van der Waals surface area (Å²) in [6.45, 7) is 4.38. The van der Waals surface area contributed by atoms with E-state index < -0.39 is 5.91 Å². The molecule has 0 radical (unpaired) electrons. The SMILES string of the molecule is CC(C)Oc1c(C(=O)NCCN)[nH]c(=O)c2ccccc12. The Labute approximate surface area is 122 Å². The van der Waals surface area contributed by atoms with Gasteiger partial charge in [0, 0.05) is 18.5 Å². The first-order valence-electron chi connectivity index (χ1n) is 6.84. The number of benzene rings is 1. The molecule has 6 heteroatoms. The Kier molecular flexibility index (Phi) is 4.59. The molecule has 0 atom stereocenters. The quantitative estimate of drug-likeness (QED) is 0.765. The van der Waals surface area contributed by atoms with Crippen LogP contribution in [0.25, 0.3) is 10.8 Å². The lowest BCUT2D eigenvalue weighted by Gasteiger charge is -2.16. The maximum absolute atomic E-state index is 12.2. The van der Waals surface area contributed by atoms with Crippen molar-refractivity contribution in [2.45, 2.75) is 20.0 Å². The molecule has 6 nitrogen and oxygen atoms in total. The standard InChI is InChI=1S/C15H19N3O3/c1-9(2)21-13-10-5-3-4-6-11(10)14(19)18-12(13)15(20)17-8-7-16/h3-6,9H,7-8,16H2,1-2H3,(H,17,20)(H,18,19). The van der Waals surface area contributed by atoms with Crippen LogP contribution < -0.4 is 21.3 Å². The van der Waals surface area contributed by atoms with Crippen molar-refractivity contribution in [1.29, 1.82) is 0 Å². The number of H-pyrrole nitrogens is 1. The minimum Gasteiger partial charge on any atom is -0.488 e. The number of carbonyl (C=O) groups is 1. The number of amides is 1. The Morgan fingerprint density at radius 1 is 1.33 bits per heavy atom. The number of rotatable bonds is 5. The summed E-state index contributed by atoms with van der Waals surface area (Å²) in [6, 6.07) is 7.03. The van der Waals surface area contributed by atoms with Crippen LogP contribution in [0.4, 0.5) is 0 Å². The van der Waals surface area contributed by atoms with Gasteiger partial charge < -0.3 is 20.8 Å². The predicted molar refractivity (Wildman–Crippen MR) is 81.7 cm³/mol. The summed E-state index contributed by atoms with van der Waals surface area (Å²) in [6.07, 6.45) is -0.125. The molecule has 0 aliphatic heterocycles. The molecule has 0 saturated heterocycles. The molecule has 2 rings (SSSR count). The third-order valence-corrected chi connectivity index (χ3v) is 2.89. The van der Waals surface area contributed by atoms with Gasteiger partial charge in [0.05, 0.1) is 11.5 Å². The highest BCUT2D eigenvalue weighted by Crippen LogP contribution is 2.27. The fourth-order valence-electron chi connectivity index (χ4n) is 2.04. The number of ether oxygens (including phenoxy) is 1. The molecule has 21 heavy (non-hydrogen) atoms. The van der Waals surface area contributed by atoms with E-state index in [9.17, 15) is 9.59 Å². The van der Waals surface area contributed by atoms with Crippen molar-refractivity contribution < 1.29 is 9.53 Å². The van der Waals surface area contributed by atoms with E-state index in [1.807, 2.05) is 13.8 Å². The van der Waals surface area contributed by atoms with Gasteiger partial charge in [0.1, 0.15) is 0 Å². The highest BCUT2D eigenvalue weighted by atomic mass is 16.5. The van der Waals surface area contributed by atoms with Crippen LogP contribution in [-0.4, -0.2) is 30.1 Å². The molecule has 0 unspecified atom stereocenters. The summed E-state index contributed by atoms with van der Waals surface area (Å²) in [5.74, 6) is -0.0197. The summed E-state index contributed by atoms with van der Waals surface area (Å²) in [5, 5.41) is 3.75. The summed E-state index contributed by atoms with van der Waals surface area (Å²) >= 11 is 0. The highest BCUT2D eigenvalue weighted by molar-refractivity contribution is 6.01. The van der Waals surface area contributed by atoms with E-state index in [1.54, 1.807) is 24.3 Å². The minimum atomic E-state index is -0.404. The van der Waals surface area contributed by atoms with Gasteiger partial charge in [0.15, 0.2) is 11.4 Å². The molecule has 0 fully saturated rings. The number of nitrogens with two attached hydrogens (primary N) is 1. The Hall–Kier alpha value is -2.34. The molecule has 1 aromatic carbocycles. The van der Waals surface area contributed by atoms with Crippen molar-refractivity contribution in [3.8, 4) is 5.75 Å². The van der Waals surface area contributed by atoms with Crippen LogP contribution in [-0.2, 0) is 0 Å². The molecule has 0 aliphatic rings. The number of nitrogens with one attached hydrogen (secondary N) is 2. The van der Waals surface area contributed by atoms with E-state index in [1.165, 1.54) is 0 Å². The van der Waals surface area contributed by atoms with E-state index in [2.05, 4.69) is 10.3 Å². The van der Waals surface area contributed by atoms with Gasteiger partial charge in [0.25, 0.3) is 11.5 Å². The number of aromatic nitrogens is 1. The van der Waals surface area contributed by atoms with E-state index in [0.29, 0.717) is 29.6 Å². The lowest BCUT2D eigenvalue weighted by Crippen LogP contribution is -2.31. The van der Waals surface area contributed by atoms with Gasteiger partial charge in [-0.25, -0.2) is 0 Å². The normalized spacial score (nSPS) is 10.9. The molecule has 1 heterocycles. The second kappa shape index (κ2) is 6.41. The van der Waals surface area contributed by atoms with Gasteiger partial charge in [-0.15, -0.1) is 0 Å². The monoisotopic (exact) mass is 289 g/mol. The van der Waals surface area contributed by atoms with Crippen molar-refractivity contribution >= 4 is 16.7 Å². The first kappa shape index (κ1) is 15.1. The average molecular weight is 289 g/mol. The smallest absolute Gasteiger partial charge is 0.271 e. The molecule has 0 aliphatic carbocycles. The number of hydrogen-bond donors (Lipinski definition) is 3. The van der Waals surface area contributed by atoms with Crippen LogP contribution in [0, 0.1) is 0 Å². The maximum Gasteiger partial charge on any atom is 0.271 e. The van der Waals surface area contributed by atoms with Crippen molar-refractivity contribution in [3.05, 3.63) is 40.3 Å². The van der Waals surface area contributed by atoms with Gasteiger partial charge in [0.2, 0.25) is 0 Å². The number of hydrogen-bond acceptors (Lipinski definition) is 4. The Balaban J connectivity index is 2.62.